The maximum atomic E-state index is 2.09. The predicted octanol–water partition coefficient (Wildman–Crippen LogP) is 1.90. The minimum absolute atomic E-state index is 1.42. The zero-order chi connectivity index (χ0) is 4.24. The van der Waals surface area contributed by atoms with Crippen LogP contribution in [0.4, 0.5) is 0 Å². The fourth-order valence-corrected chi connectivity index (χ4v) is 1.71. The van der Waals surface area contributed by atoms with E-state index in [4.69, 9.17) is 0 Å². The van der Waals surface area contributed by atoms with Crippen LogP contribution in [0.2, 0.25) is 0 Å². The average molecular weight is 103 g/mol. The third-order valence-electron chi connectivity index (χ3n) is 1.08. The molecule has 36 valence electrons. The highest BCUT2D eigenvalue weighted by Gasteiger charge is 1.95. The molecular weight excluding hydrogens is 93.1 g/mol. The zero-order valence-corrected chi connectivity index (χ0v) is 4.76. The highest BCUT2D eigenvalue weighted by Crippen LogP contribution is 2.14. The summed E-state index contributed by atoms with van der Waals surface area (Å²) in [6.45, 7) is 0. The molecule has 0 spiro atoms. The second kappa shape index (κ2) is 2.51. The molecule has 0 unspecified atom stereocenters. The van der Waals surface area contributed by atoms with Crippen molar-refractivity contribution >= 4 is 11.8 Å². The van der Waals surface area contributed by atoms with E-state index >= 15 is 0 Å². The molecule has 0 atom stereocenters. The van der Waals surface area contributed by atoms with Gasteiger partial charge in [0.15, 0.2) is 0 Å². The molecule has 0 nitrogen and oxygen atoms in total. The Kier molecular flexibility index (Phi) is 1.89. The molecule has 0 saturated carbocycles. The summed E-state index contributed by atoms with van der Waals surface area (Å²) in [6, 6.07) is 0. The predicted molar refractivity (Wildman–Crippen MR) is 31.2 cm³/mol. The lowest BCUT2D eigenvalue weighted by atomic mass is 10.4. The number of hydrogen-bond acceptors (Lipinski definition) is 1. The lowest BCUT2D eigenvalue weighted by molar-refractivity contribution is 0.764. The average Bonchev–Trinajstić information content (AvgIpc) is 1.72. The Morgan fingerprint density at radius 2 is 1.50 bits per heavy atom. The largest absolute Gasteiger partial charge is 0.162 e. The van der Waals surface area contributed by atoms with E-state index in [-0.39, 0.29) is 0 Å². The first-order chi connectivity index (χ1) is 3.00. The maximum Gasteiger partial charge on any atom is -0.00675 e. The van der Waals surface area contributed by atoms with Crippen molar-refractivity contribution < 1.29 is 0 Å². The third-order valence-corrected chi connectivity index (χ3v) is 2.23. The Hall–Kier alpha value is 0.350. The van der Waals surface area contributed by atoms with Gasteiger partial charge in [-0.05, 0) is 24.3 Å². The van der Waals surface area contributed by atoms with Crippen molar-refractivity contribution in [1.82, 2.24) is 0 Å². The van der Waals surface area contributed by atoms with Crippen LogP contribution >= 0.6 is 11.8 Å². The third kappa shape index (κ3) is 1.21. The first kappa shape index (κ1) is 4.51. The molecule has 0 aliphatic carbocycles. The van der Waals surface area contributed by atoms with Gasteiger partial charge in [-0.25, -0.2) is 0 Å². The first-order valence-corrected chi connectivity index (χ1v) is 3.73. The van der Waals surface area contributed by atoms with Crippen LogP contribution in [0, 0.1) is 0 Å². The van der Waals surface area contributed by atoms with Gasteiger partial charge in [0.05, 0.1) is 0 Å². The van der Waals surface area contributed by atoms with Crippen molar-refractivity contribution in [2.75, 3.05) is 11.5 Å². The van der Waals surface area contributed by atoms with Crippen molar-refractivity contribution in [2.24, 2.45) is 0 Å². The molecule has 1 saturated heterocycles. The summed E-state index contributed by atoms with van der Waals surface area (Å²) in [5.41, 5.74) is 0. The van der Waals surface area contributed by atoms with E-state index in [1.165, 1.54) is 30.8 Å². The number of hydrogen-bond donors (Lipinski definition) is 0. The topological polar surface area (TPSA) is 0 Å². The number of thioether (sulfide) groups is 1. The lowest BCUT2D eigenvalue weighted by Crippen LogP contribution is -1.91. The van der Waals surface area contributed by atoms with Gasteiger partial charge >= 0.3 is 0 Å². The van der Waals surface area contributed by atoms with E-state index in [2.05, 4.69) is 11.8 Å². The zero-order valence-electron chi connectivity index (χ0n) is 3.94. The lowest BCUT2D eigenvalue weighted by Gasteiger charge is -2.05. The van der Waals surface area contributed by atoms with Gasteiger partial charge in [0.2, 0.25) is 0 Å². The summed E-state index contributed by atoms with van der Waals surface area (Å²) < 4.78 is 0. The summed E-state index contributed by atoms with van der Waals surface area (Å²) in [4.78, 5) is 0. The molecule has 0 radical (unpaired) electrons. The van der Waals surface area contributed by atoms with Gasteiger partial charge in [-0.1, -0.05) is 6.42 Å². The van der Waals surface area contributed by atoms with Crippen LogP contribution in [-0.4, -0.2) is 11.5 Å². The van der Waals surface area contributed by atoms with E-state index in [0.29, 0.717) is 0 Å². The molecule has 0 N–H and O–H groups in total. The minimum atomic E-state index is 1.42. The van der Waals surface area contributed by atoms with Crippen LogP contribution in [0.5, 0.6) is 0 Å². The molecule has 1 fully saturated rings. The van der Waals surface area contributed by atoms with E-state index in [9.17, 15) is 0 Å². The van der Waals surface area contributed by atoms with Gasteiger partial charge in [-0.2, -0.15) is 11.8 Å². The second-order valence-corrected chi connectivity index (χ2v) is 2.90. The summed E-state index contributed by atoms with van der Waals surface area (Å²) >= 11 is 2.09. The second-order valence-electron chi connectivity index (χ2n) is 1.67. The Balaban J connectivity index is 2.00. The summed E-state index contributed by atoms with van der Waals surface area (Å²) in [7, 11) is 0. The molecule has 1 heterocycles. The van der Waals surface area contributed by atoms with E-state index in [0.717, 1.165) is 0 Å². The van der Waals surface area contributed by atoms with Crippen LogP contribution in [0.1, 0.15) is 19.3 Å². The van der Waals surface area contributed by atoms with Crippen molar-refractivity contribution in [3.8, 4) is 0 Å². The van der Waals surface area contributed by atoms with Crippen molar-refractivity contribution in [2.45, 2.75) is 19.3 Å². The van der Waals surface area contributed by atoms with Crippen molar-refractivity contribution in [3.05, 3.63) is 0 Å². The standard InChI is InChI=1S/C5H10S/c1-2-4-6-5-3-1/h1-5H2/i2+1. The molecule has 1 aliphatic heterocycles. The summed E-state index contributed by atoms with van der Waals surface area (Å²) in [5, 5.41) is 0. The van der Waals surface area contributed by atoms with Crippen molar-refractivity contribution in [3.63, 3.8) is 0 Å². The van der Waals surface area contributed by atoms with Gasteiger partial charge < -0.3 is 0 Å². The van der Waals surface area contributed by atoms with Gasteiger partial charge in [0.25, 0.3) is 0 Å². The Labute approximate surface area is 43.3 Å². The van der Waals surface area contributed by atoms with Gasteiger partial charge in [-0.15, -0.1) is 0 Å². The molecule has 0 bridgehead atoms. The van der Waals surface area contributed by atoms with E-state index in [1.807, 2.05) is 0 Å². The van der Waals surface area contributed by atoms with Crippen LogP contribution in [0.15, 0.2) is 0 Å². The smallest absolute Gasteiger partial charge is 0.00675 e. The molecule has 0 aromatic rings. The molecule has 1 heteroatoms. The fourth-order valence-electron chi connectivity index (χ4n) is 0.687. The van der Waals surface area contributed by atoms with Crippen LogP contribution in [0.25, 0.3) is 0 Å². The number of rotatable bonds is 0. The minimum Gasteiger partial charge on any atom is -0.162 e. The quantitative estimate of drug-likeness (QED) is 0.422. The molecule has 0 amide bonds. The Bertz CT molecular complexity index is 19.4. The summed E-state index contributed by atoms with van der Waals surface area (Å²) in [5.74, 6) is 2.83. The van der Waals surface area contributed by atoms with E-state index in [1.54, 1.807) is 0 Å². The Morgan fingerprint density at radius 1 is 0.833 bits per heavy atom. The molecular formula is C5H10S. The maximum absolute atomic E-state index is 2.09. The van der Waals surface area contributed by atoms with Gasteiger partial charge in [0.1, 0.15) is 0 Å². The van der Waals surface area contributed by atoms with Crippen LogP contribution < -0.4 is 0 Å². The normalized spacial score (nSPS) is 24.0. The monoisotopic (exact) mass is 103 g/mol. The summed E-state index contributed by atoms with van der Waals surface area (Å²) in [6.07, 6.45) is 4.41. The molecule has 0 aromatic carbocycles. The molecule has 1 aliphatic rings. The van der Waals surface area contributed by atoms with E-state index < -0.39 is 0 Å². The Morgan fingerprint density at radius 3 is 1.67 bits per heavy atom. The van der Waals surface area contributed by atoms with Gasteiger partial charge in [0, 0.05) is 0 Å². The fraction of sp³-hybridized carbons (Fsp3) is 1.00. The van der Waals surface area contributed by atoms with Gasteiger partial charge in [-0.3, -0.25) is 0 Å². The first-order valence-electron chi connectivity index (χ1n) is 2.58. The molecule has 6 heavy (non-hydrogen) atoms. The highest BCUT2D eigenvalue weighted by molar-refractivity contribution is 7.99. The molecule has 0 aromatic heterocycles. The van der Waals surface area contributed by atoms with Crippen molar-refractivity contribution in [1.29, 1.82) is 0 Å². The SMILES string of the molecule is C1C[13CH2]CSC1. The van der Waals surface area contributed by atoms with Crippen LogP contribution in [-0.2, 0) is 0 Å². The van der Waals surface area contributed by atoms with Crippen LogP contribution in [0.3, 0.4) is 0 Å². The highest BCUT2D eigenvalue weighted by atomic mass is 32.2. The molecule has 1 rings (SSSR count).